The van der Waals surface area contributed by atoms with E-state index < -0.39 is 10.0 Å². The fraction of sp³-hybridized carbons (Fsp3) is 0.611. The van der Waals surface area contributed by atoms with Crippen LogP contribution in [0.25, 0.3) is 0 Å². The standard InChI is InChI=1S/C18H29N3O3S/c1-2-25(23,24)21-12-6-9-17(15-21)18(22)20(14-11-19)13-10-16-7-4-3-5-8-16/h3-5,7-8,17H,2,6,9-15,19H2,1H3. The molecule has 25 heavy (non-hydrogen) atoms. The fourth-order valence-electron chi connectivity index (χ4n) is 3.23. The van der Waals surface area contributed by atoms with Crippen LogP contribution in [0.2, 0.25) is 0 Å². The summed E-state index contributed by atoms with van der Waals surface area (Å²) in [6, 6.07) is 10.0. The Morgan fingerprint density at radius 2 is 2.00 bits per heavy atom. The van der Waals surface area contributed by atoms with Crippen molar-refractivity contribution < 1.29 is 13.2 Å². The number of amides is 1. The summed E-state index contributed by atoms with van der Waals surface area (Å²) < 4.78 is 25.7. The number of hydrogen-bond donors (Lipinski definition) is 1. The summed E-state index contributed by atoms with van der Waals surface area (Å²) in [4.78, 5) is 14.7. The Morgan fingerprint density at radius 3 is 2.64 bits per heavy atom. The van der Waals surface area contributed by atoms with E-state index in [1.165, 1.54) is 9.87 Å². The topological polar surface area (TPSA) is 83.7 Å². The van der Waals surface area contributed by atoms with Crippen LogP contribution in [0.4, 0.5) is 0 Å². The molecule has 140 valence electrons. The number of piperidine rings is 1. The highest BCUT2D eigenvalue weighted by molar-refractivity contribution is 7.89. The molecule has 1 amide bonds. The van der Waals surface area contributed by atoms with E-state index >= 15 is 0 Å². The van der Waals surface area contributed by atoms with E-state index in [1.54, 1.807) is 11.8 Å². The second kappa shape index (κ2) is 9.31. The number of rotatable bonds is 8. The van der Waals surface area contributed by atoms with Crippen molar-refractivity contribution >= 4 is 15.9 Å². The van der Waals surface area contributed by atoms with Gasteiger partial charge in [-0.3, -0.25) is 4.79 Å². The lowest BCUT2D eigenvalue weighted by Gasteiger charge is -2.34. The lowest BCUT2D eigenvalue weighted by molar-refractivity contribution is -0.136. The molecule has 1 heterocycles. The Morgan fingerprint density at radius 1 is 1.28 bits per heavy atom. The van der Waals surface area contributed by atoms with Crippen molar-refractivity contribution in [3.05, 3.63) is 35.9 Å². The monoisotopic (exact) mass is 367 g/mol. The van der Waals surface area contributed by atoms with Crippen molar-refractivity contribution in [3.63, 3.8) is 0 Å². The molecular weight excluding hydrogens is 338 g/mol. The fourth-order valence-corrected chi connectivity index (χ4v) is 4.41. The zero-order valence-electron chi connectivity index (χ0n) is 14.9. The molecule has 1 aliphatic rings. The maximum absolute atomic E-state index is 12.9. The van der Waals surface area contributed by atoms with Gasteiger partial charge in [0.05, 0.1) is 11.7 Å². The molecule has 0 bridgehead atoms. The van der Waals surface area contributed by atoms with E-state index in [0.29, 0.717) is 32.7 Å². The van der Waals surface area contributed by atoms with Gasteiger partial charge in [-0.15, -0.1) is 0 Å². The Labute approximate surface area is 151 Å². The van der Waals surface area contributed by atoms with Crippen molar-refractivity contribution in [1.82, 2.24) is 9.21 Å². The van der Waals surface area contributed by atoms with Gasteiger partial charge in [-0.05, 0) is 31.7 Å². The molecule has 0 spiro atoms. The first-order valence-electron chi connectivity index (χ1n) is 8.98. The normalized spacial score (nSPS) is 18.9. The molecule has 1 aromatic rings. The van der Waals surface area contributed by atoms with E-state index in [4.69, 9.17) is 5.73 Å². The highest BCUT2D eigenvalue weighted by atomic mass is 32.2. The summed E-state index contributed by atoms with van der Waals surface area (Å²) in [6.45, 7) is 3.97. The number of carbonyl (C=O) groups is 1. The van der Waals surface area contributed by atoms with Crippen LogP contribution >= 0.6 is 0 Å². The average molecular weight is 368 g/mol. The predicted molar refractivity (Wildman–Crippen MR) is 99.5 cm³/mol. The van der Waals surface area contributed by atoms with Crippen LogP contribution in [-0.2, 0) is 21.2 Å². The smallest absolute Gasteiger partial charge is 0.227 e. The van der Waals surface area contributed by atoms with Crippen LogP contribution in [0.15, 0.2) is 30.3 Å². The molecule has 1 aliphatic heterocycles. The van der Waals surface area contributed by atoms with Crippen LogP contribution in [-0.4, -0.2) is 62.0 Å². The highest BCUT2D eigenvalue weighted by Gasteiger charge is 2.33. The summed E-state index contributed by atoms with van der Waals surface area (Å²) >= 11 is 0. The molecule has 0 aromatic heterocycles. The molecular formula is C18H29N3O3S. The molecule has 7 heteroatoms. The van der Waals surface area contributed by atoms with Crippen molar-refractivity contribution in [1.29, 1.82) is 0 Å². The van der Waals surface area contributed by atoms with E-state index in [2.05, 4.69) is 0 Å². The zero-order chi connectivity index (χ0) is 18.3. The minimum Gasteiger partial charge on any atom is -0.341 e. The number of sulfonamides is 1. The Bertz CT molecular complexity index is 649. The number of hydrogen-bond acceptors (Lipinski definition) is 4. The van der Waals surface area contributed by atoms with Crippen LogP contribution in [0.5, 0.6) is 0 Å². The van der Waals surface area contributed by atoms with E-state index in [0.717, 1.165) is 19.3 Å². The largest absolute Gasteiger partial charge is 0.341 e. The van der Waals surface area contributed by atoms with Crippen molar-refractivity contribution in [2.75, 3.05) is 38.5 Å². The third kappa shape index (κ3) is 5.52. The highest BCUT2D eigenvalue weighted by Crippen LogP contribution is 2.21. The number of nitrogens with zero attached hydrogens (tertiary/aromatic N) is 2. The Kier molecular flexibility index (Phi) is 7.40. The number of nitrogens with two attached hydrogens (primary N) is 1. The molecule has 1 unspecified atom stereocenters. The molecule has 1 atom stereocenters. The second-order valence-corrected chi connectivity index (χ2v) is 8.70. The minimum atomic E-state index is -3.24. The molecule has 6 nitrogen and oxygen atoms in total. The summed E-state index contributed by atoms with van der Waals surface area (Å²) in [5.74, 6) is -0.163. The van der Waals surface area contributed by atoms with Gasteiger partial charge in [0.1, 0.15) is 0 Å². The number of benzene rings is 1. The average Bonchev–Trinajstić information content (AvgIpc) is 2.65. The van der Waals surface area contributed by atoms with Gasteiger partial charge < -0.3 is 10.6 Å². The minimum absolute atomic E-state index is 0.0254. The van der Waals surface area contributed by atoms with E-state index in [1.807, 2.05) is 30.3 Å². The van der Waals surface area contributed by atoms with Gasteiger partial charge >= 0.3 is 0 Å². The first-order valence-corrected chi connectivity index (χ1v) is 10.6. The van der Waals surface area contributed by atoms with Crippen LogP contribution in [0.1, 0.15) is 25.3 Å². The molecule has 1 aromatic carbocycles. The van der Waals surface area contributed by atoms with Gasteiger partial charge in [-0.1, -0.05) is 30.3 Å². The number of carbonyl (C=O) groups excluding carboxylic acids is 1. The molecule has 0 aliphatic carbocycles. The second-order valence-electron chi connectivity index (χ2n) is 6.45. The molecule has 0 radical (unpaired) electrons. The molecule has 2 rings (SSSR count). The van der Waals surface area contributed by atoms with Gasteiger partial charge in [0.25, 0.3) is 0 Å². The summed E-state index contributed by atoms with van der Waals surface area (Å²) in [7, 11) is -3.24. The van der Waals surface area contributed by atoms with Gasteiger partial charge in [0.2, 0.25) is 15.9 Å². The lowest BCUT2D eigenvalue weighted by atomic mass is 9.97. The van der Waals surface area contributed by atoms with Crippen molar-refractivity contribution in [2.24, 2.45) is 11.7 Å². The Balaban J connectivity index is 2.00. The summed E-state index contributed by atoms with van der Waals surface area (Å²) in [5, 5.41) is 0. The van der Waals surface area contributed by atoms with Crippen LogP contribution in [0, 0.1) is 5.92 Å². The van der Waals surface area contributed by atoms with E-state index in [9.17, 15) is 13.2 Å². The van der Waals surface area contributed by atoms with Gasteiger partial charge in [0.15, 0.2) is 0 Å². The lowest BCUT2D eigenvalue weighted by Crippen LogP contribution is -2.48. The van der Waals surface area contributed by atoms with Crippen molar-refractivity contribution in [2.45, 2.75) is 26.2 Å². The van der Waals surface area contributed by atoms with Crippen molar-refractivity contribution in [3.8, 4) is 0 Å². The SMILES string of the molecule is CCS(=O)(=O)N1CCCC(C(=O)N(CCN)CCc2ccccc2)C1. The third-order valence-electron chi connectivity index (χ3n) is 4.72. The zero-order valence-corrected chi connectivity index (χ0v) is 15.7. The van der Waals surface area contributed by atoms with Gasteiger partial charge in [-0.25, -0.2) is 12.7 Å². The first-order chi connectivity index (χ1) is 12.0. The molecule has 1 fully saturated rings. The maximum Gasteiger partial charge on any atom is 0.227 e. The van der Waals surface area contributed by atoms with Gasteiger partial charge in [0, 0.05) is 32.7 Å². The first kappa shape index (κ1) is 19.9. The predicted octanol–water partition coefficient (Wildman–Crippen LogP) is 1.08. The quantitative estimate of drug-likeness (QED) is 0.745. The maximum atomic E-state index is 12.9. The van der Waals surface area contributed by atoms with Gasteiger partial charge in [-0.2, -0.15) is 0 Å². The Hall–Kier alpha value is -1.44. The van der Waals surface area contributed by atoms with E-state index in [-0.39, 0.29) is 17.6 Å². The summed E-state index contributed by atoms with van der Waals surface area (Å²) in [5.41, 5.74) is 6.86. The molecule has 1 saturated heterocycles. The molecule has 0 saturated carbocycles. The van der Waals surface area contributed by atoms with Crippen LogP contribution < -0.4 is 5.73 Å². The molecule has 2 N–H and O–H groups in total. The van der Waals surface area contributed by atoms with Crippen LogP contribution in [0.3, 0.4) is 0 Å². The third-order valence-corrected chi connectivity index (χ3v) is 6.56. The summed E-state index contributed by atoms with van der Waals surface area (Å²) in [6.07, 6.45) is 2.24.